The van der Waals surface area contributed by atoms with Crippen LogP contribution in [0.25, 0.3) is 0 Å². The average molecular weight is 373 g/mol. The Morgan fingerprint density at radius 1 is 1.08 bits per heavy atom. The number of allylic oxidation sites excluding steroid dienone is 1. The Hall–Kier alpha value is -1.48. The van der Waals surface area contributed by atoms with Gasteiger partial charge in [-0.05, 0) is 61.4 Å². The number of hydrogen-bond donors (Lipinski definition) is 0. The van der Waals surface area contributed by atoms with Crippen LogP contribution in [0.5, 0.6) is 0 Å². The number of rotatable bonds is 3. The minimum Gasteiger partial charge on any atom is -0.337 e. The van der Waals surface area contributed by atoms with E-state index in [1.165, 1.54) is 16.9 Å². The number of hydrogen-bond acceptors (Lipinski definition) is 2. The van der Waals surface area contributed by atoms with Crippen LogP contribution in [0.2, 0.25) is 10.0 Å². The summed E-state index contributed by atoms with van der Waals surface area (Å²) in [5.74, 6) is 0.489. The lowest BCUT2D eigenvalue weighted by molar-refractivity contribution is 0.215. The van der Waals surface area contributed by atoms with E-state index in [2.05, 4.69) is 53.1 Å². The highest BCUT2D eigenvalue weighted by atomic mass is 35.5. The molecule has 0 unspecified atom stereocenters. The summed E-state index contributed by atoms with van der Waals surface area (Å²) in [6.45, 7) is 5.31. The molecule has 4 heteroatoms. The first kappa shape index (κ1) is 17.0. The van der Waals surface area contributed by atoms with Crippen molar-refractivity contribution in [2.24, 2.45) is 0 Å². The molecule has 2 nitrogen and oxygen atoms in total. The zero-order chi connectivity index (χ0) is 17.4. The van der Waals surface area contributed by atoms with Gasteiger partial charge in [-0.25, -0.2) is 0 Å². The molecule has 2 atom stereocenters. The molecule has 0 aromatic heterocycles. The van der Waals surface area contributed by atoms with Crippen molar-refractivity contribution < 1.29 is 0 Å². The minimum absolute atomic E-state index is 0.483. The Bertz CT molecular complexity index is 785. The third-order valence-electron chi connectivity index (χ3n) is 5.34. The van der Waals surface area contributed by atoms with Gasteiger partial charge in [0, 0.05) is 53.0 Å². The molecule has 2 aromatic rings. The van der Waals surface area contributed by atoms with Gasteiger partial charge in [-0.1, -0.05) is 35.4 Å². The van der Waals surface area contributed by atoms with Crippen LogP contribution in [-0.4, -0.2) is 30.6 Å². The number of anilines is 2. The molecule has 0 amide bonds. The average Bonchev–Trinajstić information content (AvgIpc) is 2.94. The zero-order valence-electron chi connectivity index (χ0n) is 14.3. The summed E-state index contributed by atoms with van der Waals surface area (Å²) in [6.07, 6.45) is 5.52. The lowest BCUT2D eigenvalue weighted by atomic mass is 9.89. The van der Waals surface area contributed by atoms with Crippen molar-refractivity contribution in [3.8, 4) is 0 Å². The van der Waals surface area contributed by atoms with Gasteiger partial charge in [0.05, 0.1) is 0 Å². The molecule has 2 aliphatic rings. The first-order valence-electron chi connectivity index (χ1n) is 8.85. The Kier molecular flexibility index (Phi) is 4.77. The summed E-state index contributed by atoms with van der Waals surface area (Å²) in [4.78, 5) is 5.02. The van der Waals surface area contributed by atoms with Crippen molar-refractivity contribution in [3.05, 3.63) is 70.2 Å². The van der Waals surface area contributed by atoms with Crippen molar-refractivity contribution in [1.29, 1.82) is 0 Å². The smallest absolute Gasteiger partial charge is 0.0451 e. The van der Waals surface area contributed by atoms with Crippen LogP contribution in [0.3, 0.4) is 0 Å². The van der Waals surface area contributed by atoms with Crippen LogP contribution in [0.4, 0.5) is 11.4 Å². The third-order valence-corrected chi connectivity index (χ3v) is 5.83. The lowest BCUT2D eigenvalue weighted by Crippen LogP contribution is -2.44. The minimum atomic E-state index is 0.483. The van der Waals surface area contributed by atoms with Gasteiger partial charge in [0.15, 0.2) is 0 Å². The predicted molar refractivity (Wildman–Crippen MR) is 107 cm³/mol. The molecule has 2 aliphatic heterocycles. The van der Waals surface area contributed by atoms with Crippen LogP contribution in [0, 0.1) is 0 Å². The quantitative estimate of drug-likeness (QED) is 0.620. The molecule has 0 aliphatic carbocycles. The SMILES string of the molecule is C/C=C/CN1CC[C@@H]2[C@@H](C1)c1cc(Cl)ccc1N2c1ccc(Cl)cc1. The molecule has 0 saturated carbocycles. The van der Waals surface area contributed by atoms with E-state index in [-0.39, 0.29) is 0 Å². The highest BCUT2D eigenvalue weighted by Crippen LogP contribution is 2.49. The molecule has 0 bridgehead atoms. The number of nitrogens with zero attached hydrogens (tertiary/aromatic N) is 2. The van der Waals surface area contributed by atoms with Crippen LogP contribution >= 0.6 is 23.2 Å². The highest BCUT2D eigenvalue weighted by Gasteiger charge is 2.42. The van der Waals surface area contributed by atoms with Gasteiger partial charge in [0.1, 0.15) is 0 Å². The highest BCUT2D eigenvalue weighted by molar-refractivity contribution is 6.31. The first-order valence-corrected chi connectivity index (χ1v) is 9.60. The summed E-state index contributed by atoms with van der Waals surface area (Å²) < 4.78 is 0. The van der Waals surface area contributed by atoms with Crippen molar-refractivity contribution in [2.45, 2.75) is 25.3 Å². The van der Waals surface area contributed by atoms with Gasteiger partial charge in [-0.2, -0.15) is 0 Å². The van der Waals surface area contributed by atoms with E-state index in [4.69, 9.17) is 23.2 Å². The monoisotopic (exact) mass is 372 g/mol. The van der Waals surface area contributed by atoms with E-state index in [0.29, 0.717) is 12.0 Å². The molecule has 2 heterocycles. The fourth-order valence-corrected chi connectivity index (χ4v) is 4.50. The fraction of sp³-hybridized carbons (Fsp3) is 0.333. The number of likely N-dealkylation sites (tertiary alicyclic amines) is 1. The van der Waals surface area contributed by atoms with Crippen LogP contribution in [0.15, 0.2) is 54.6 Å². The van der Waals surface area contributed by atoms with E-state index >= 15 is 0 Å². The number of fused-ring (bicyclic) bond motifs is 3. The lowest BCUT2D eigenvalue weighted by Gasteiger charge is -2.38. The molecule has 130 valence electrons. The van der Waals surface area contributed by atoms with Crippen LogP contribution < -0.4 is 4.90 Å². The Morgan fingerprint density at radius 2 is 1.84 bits per heavy atom. The van der Waals surface area contributed by atoms with Gasteiger partial charge in [0.2, 0.25) is 0 Å². The van der Waals surface area contributed by atoms with Crippen molar-refractivity contribution in [3.63, 3.8) is 0 Å². The van der Waals surface area contributed by atoms with E-state index < -0.39 is 0 Å². The molecule has 0 spiro atoms. The Morgan fingerprint density at radius 3 is 2.60 bits per heavy atom. The molecule has 4 rings (SSSR count). The van der Waals surface area contributed by atoms with Crippen molar-refractivity contribution >= 4 is 34.6 Å². The third kappa shape index (κ3) is 3.19. The molecule has 2 aromatic carbocycles. The van der Waals surface area contributed by atoms with E-state index in [1.807, 2.05) is 18.2 Å². The fourth-order valence-electron chi connectivity index (χ4n) is 4.19. The second-order valence-corrected chi connectivity index (χ2v) is 7.71. The zero-order valence-corrected chi connectivity index (χ0v) is 15.8. The maximum atomic E-state index is 6.33. The second-order valence-electron chi connectivity index (χ2n) is 6.84. The first-order chi connectivity index (χ1) is 12.2. The number of benzene rings is 2. The predicted octanol–water partition coefficient (Wildman–Crippen LogP) is 5.88. The van der Waals surface area contributed by atoms with Crippen molar-refractivity contribution in [2.75, 3.05) is 24.5 Å². The normalized spacial score (nSPS) is 23.1. The largest absolute Gasteiger partial charge is 0.337 e. The molecule has 0 N–H and O–H groups in total. The Balaban J connectivity index is 1.71. The van der Waals surface area contributed by atoms with Gasteiger partial charge < -0.3 is 4.90 Å². The molecular formula is C21H22Cl2N2. The molecule has 25 heavy (non-hydrogen) atoms. The maximum absolute atomic E-state index is 6.33. The summed E-state index contributed by atoms with van der Waals surface area (Å²) in [5, 5.41) is 1.60. The number of halogens is 2. The Labute approximate surface area is 159 Å². The second kappa shape index (κ2) is 7.03. The van der Waals surface area contributed by atoms with Crippen molar-refractivity contribution in [1.82, 2.24) is 4.90 Å². The van der Waals surface area contributed by atoms with Crippen LogP contribution in [-0.2, 0) is 0 Å². The topological polar surface area (TPSA) is 6.48 Å². The standard InChI is InChI=1S/C21H22Cl2N2/c1-2-3-11-24-12-10-21-19(14-24)18-13-16(23)6-9-20(18)25(21)17-7-4-15(22)5-8-17/h2-9,13,19,21H,10-12,14H2,1H3/b3-2+/t19-,21+/m0/s1. The van der Waals surface area contributed by atoms with Gasteiger partial charge in [-0.15, -0.1) is 0 Å². The van der Waals surface area contributed by atoms with Crippen LogP contribution in [0.1, 0.15) is 24.8 Å². The maximum Gasteiger partial charge on any atom is 0.0451 e. The van der Waals surface area contributed by atoms with Gasteiger partial charge in [0.25, 0.3) is 0 Å². The summed E-state index contributed by atoms with van der Waals surface area (Å²) in [7, 11) is 0. The van der Waals surface area contributed by atoms with Gasteiger partial charge in [-0.3, -0.25) is 4.90 Å². The molecular weight excluding hydrogens is 351 g/mol. The summed E-state index contributed by atoms with van der Waals surface area (Å²) in [5.41, 5.74) is 3.87. The summed E-state index contributed by atoms with van der Waals surface area (Å²) in [6, 6.07) is 15.0. The van der Waals surface area contributed by atoms with E-state index in [1.54, 1.807) is 0 Å². The van der Waals surface area contributed by atoms with E-state index in [9.17, 15) is 0 Å². The summed E-state index contributed by atoms with van der Waals surface area (Å²) >= 11 is 12.4. The van der Waals surface area contributed by atoms with E-state index in [0.717, 1.165) is 36.1 Å². The number of piperidine rings is 1. The van der Waals surface area contributed by atoms with Gasteiger partial charge >= 0.3 is 0 Å². The molecule has 1 fully saturated rings. The molecule has 0 radical (unpaired) electrons. The molecule has 1 saturated heterocycles.